The summed E-state index contributed by atoms with van der Waals surface area (Å²) in [6, 6.07) is 15.4. The molecule has 1 fully saturated rings. The Labute approximate surface area is 201 Å². The molecule has 0 saturated carbocycles. The summed E-state index contributed by atoms with van der Waals surface area (Å²) in [6.45, 7) is 1.49. The van der Waals surface area contributed by atoms with Crippen LogP contribution in [0.5, 0.6) is 5.75 Å². The van der Waals surface area contributed by atoms with Crippen LogP contribution in [0, 0.1) is 5.82 Å². The fourth-order valence-corrected chi connectivity index (χ4v) is 4.21. The lowest BCUT2D eigenvalue weighted by Crippen LogP contribution is -2.41. The van der Waals surface area contributed by atoms with E-state index in [-0.39, 0.29) is 17.5 Å². The van der Waals surface area contributed by atoms with Crippen molar-refractivity contribution in [2.45, 2.75) is 6.10 Å². The van der Waals surface area contributed by atoms with Gasteiger partial charge in [-0.25, -0.2) is 19.3 Å². The van der Waals surface area contributed by atoms with Crippen LogP contribution in [0.3, 0.4) is 0 Å². The van der Waals surface area contributed by atoms with E-state index < -0.39 is 0 Å². The standard InChI is InChI=1S/C26H24FN5O3/c1-31-25(33)14-22(21-9-10-28-16-29-21)30-26(31)32-11-12-35-24(15-32)20-13-18(5-8-23(20)34-2)17-3-6-19(27)7-4-17/h3-10,13-14,16,24H,11-12,15H2,1-2H3. The van der Waals surface area contributed by atoms with Gasteiger partial charge in [-0.15, -0.1) is 0 Å². The second-order valence-corrected chi connectivity index (χ2v) is 8.20. The number of rotatable bonds is 5. The zero-order chi connectivity index (χ0) is 24.4. The number of aromatic nitrogens is 4. The second-order valence-electron chi connectivity index (χ2n) is 8.20. The molecule has 9 heteroatoms. The summed E-state index contributed by atoms with van der Waals surface area (Å²) in [6.07, 6.45) is 2.73. The maximum absolute atomic E-state index is 13.4. The first-order valence-electron chi connectivity index (χ1n) is 11.2. The number of benzene rings is 2. The molecule has 1 aliphatic heterocycles. The second kappa shape index (κ2) is 9.63. The lowest BCUT2D eigenvalue weighted by atomic mass is 9.99. The van der Waals surface area contributed by atoms with Crippen molar-refractivity contribution < 1.29 is 13.9 Å². The fraction of sp³-hybridized carbons (Fsp3) is 0.231. The normalized spacial score (nSPS) is 15.7. The van der Waals surface area contributed by atoms with Crippen LogP contribution in [0.15, 0.2) is 71.9 Å². The van der Waals surface area contributed by atoms with Crippen LogP contribution in [0.4, 0.5) is 10.3 Å². The molecule has 2 aromatic heterocycles. The minimum atomic E-state index is -0.321. The third-order valence-electron chi connectivity index (χ3n) is 6.06. The maximum Gasteiger partial charge on any atom is 0.255 e. The molecule has 0 bridgehead atoms. The van der Waals surface area contributed by atoms with Crippen molar-refractivity contribution >= 4 is 5.95 Å². The van der Waals surface area contributed by atoms with Crippen molar-refractivity contribution in [3.63, 3.8) is 0 Å². The van der Waals surface area contributed by atoms with E-state index >= 15 is 0 Å². The average Bonchev–Trinajstić information content (AvgIpc) is 2.91. The van der Waals surface area contributed by atoms with E-state index in [0.717, 1.165) is 16.7 Å². The van der Waals surface area contributed by atoms with Crippen LogP contribution in [0.1, 0.15) is 11.7 Å². The van der Waals surface area contributed by atoms with Gasteiger partial charge in [0.25, 0.3) is 5.56 Å². The molecule has 3 heterocycles. The lowest BCUT2D eigenvalue weighted by molar-refractivity contribution is 0.0375. The molecule has 8 nitrogen and oxygen atoms in total. The largest absolute Gasteiger partial charge is 0.496 e. The summed E-state index contributed by atoms with van der Waals surface area (Å²) in [5.41, 5.74) is 3.59. The fourth-order valence-electron chi connectivity index (χ4n) is 4.21. The molecular formula is C26H24FN5O3. The van der Waals surface area contributed by atoms with Gasteiger partial charge in [-0.05, 0) is 41.5 Å². The molecular weight excluding hydrogens is 449 g/mol. The van der Waals surface area contributed by atoms with Crippen molar-refractivity contribution in [1.82, 2.24) is 19.5 Å². The van der Waals surface area contributed by atoms with Crippen molar-refractivity contribution in [2.75, 3.05) is 31.7 Å². The Morgan fingerprint density at radius 2 is 1.86 bits per heavy atom. The Morgan fingerprint density at radius 3 is 2.60 bits per heavy atom. The first kappa shape index (κ1) is 22.7. The van der Waals surface area contributed by atoms with Crippen molar-refractivity contribution in [3.8, 4) is 28.3 Å². The van der Waals surface area contributed by atoms with Gasteiger partial charge < -0.3 is 14.4 Å². The summed E-state index contributed by atoms with van der Waals surface area (Å²) in [7, 11) is 3.32. The van der Waals surface area contributed by atoms with E-state index in [2.05, 4.69) is 9.97 Å². The molecule has 0 radical (unpaired) electrons. The third kappa shape index (κ3) is 4.63. The van der Waals surface area contributed by atoms with Gasteiger partial charge in [0, 0.05) is 31.4 Å². The molecule has 0 spiro atoms. The Hall–Kier alpha value is -4.11. The number of nitrogens with zero attached hydrogens (tertiary/aromatic N) is 5. The molecule has 0 aliphatic carbocycles. The molecule has 178 valence electrons. The number of halogens is 1. The first-order chi connectivity index (χ1) is 17.0. The summed E-state index contributed by atoms with van der Waals surface area (Å²) in [5, 5.41) is 0. The van der Waals surface area contributed by atoms with Gasteiger partial charge >= 0.3 is 0 Å². The summed E-state index contributed by atoms with van der Waals surface area (Å²) in [5.74, 6) is 0.948. The number of ether oxygens (including phenoxy) is 2. The van der Waals surface area contributed by atoms with E-state index in [0.29, 0.717) is 42.8 Å². The van der Waals surface area contributed by atoms with Gasteiger partial charge in [0.2, 0.25) is 5.95 Å². The number of anilines is 1. The topological polar surface area (TPSA) is 82.4 Å². The highest BCUT2D eigenvalue weighted by Gasteiger charge is 2.27. The van der Waals surface area contributed by atoms with Crippen molar-refractivity contribution in [1.29, 1.82) is 0 Å². The Bertz CT molecular complexity index is 1390. The molecule has 1 aliphatic rings. The lowest BCUT2D eigenvalue weighted by Gasteiger charge is -2.35. The smallest absolute Gasteiger partial charge is 0.255 e. The van der Waals surface area contributed by atoms with Crippen LogP contribution in [0.2, 0.25) is 0 Å². The molecule has 1 atom stereocenters. The molecule has 0 N–H and O–H groups in total. The third-order valence-corrected chi connectivity index (χ3v) is 6.06. The Balaban J connectivity index is 1.49. The van der Waals surface area contributed by atoms with Crippen molar-refractivity contribution in [3.05, 3.63) is 88.9 Å². The predicted molar refractivity (Wildman–Crippen MR) is 130 cm³/mol. The van der Waals surface area contributed by atoms with Gasteiger partial charge in [0.1, 0.15) is 24.0 Å². The molecule has 4 aromatic rings. The van der Waals surface area contributed by atoms with Gasteiger partial charge in [0.05, 0.1) is 31.6 Å². The number of hydrogen-bond acceptors (Lipinski definition) is 7. The monoisotopic (exact) mass is 473 g/mol. The van der Waals surface area contributed by atoms with Crippen LogP contribution in [-0.2, 0) is 11.8 Å². The zero-order valence-electron chi connectivity index (χ0n) is 19.4. The first-order valence-corrected chi connectivity index (χ1v) is 11.2. The van der Waals surface area contributed by atoms with E-state index in [1.165, 1.54) is 29.1 Å². The maximum atomic E-state index is 13.4. The minimum absolute atomic E-state index is 0.178. The Kier molecular flexibility index (Phi) is 6.24. The number of methoxy groups -OCH3 is 1. The van der Waals surface area contributed by atoms with E-state index in [9.17, 15) is 9.18 Å². The van der Waals surface area contributed by atoms with Gasteiger partial charge in [-0.2, -0.15) is 0 Å². The highest BCUT2D eigenvalue weighted by molar-refractivity contribution is 5.66. The van der Waals surface area contributed by atoms with Gasteiger partial charge in [-0.1, -0.05) is 18.2 Å². The molecule has 1 saturated heterocycles. The molecule has 1 unspecified atom stereocenters. The molecule has 0 amide bonds. The van der Waals surface area contributed by atoms with E-state index in [1.807, 2.05) is 23.1 Å². The zero-order valence-corrected chi connectivity index (χ0v) is 19.4. The van der Waals surface area contributed by atoms with Crippen LogP contribution < -0.4 is 15.2 Å². The summed E-state index contributed by atoms with van der Waals surface area (Å²) in [4.78, 5) is 27.7. The average molecular weight is 474 g/mol. The molecule has 5 rings (SSSR count). The van der Waals surface area contributed by atoms with Gasteiger partial charge in [0.15, 0.2) is 0 Å². The summed E-state index contributed by atoms with van der Waals surface area (Å²) >= 11 is 0. The highest BCUT2D eigenvalue weighted by Crippen LogP contribution is 2.35. The van der Waals surface area contributed by atoms with Gasteiger partial charge in [-0.3, -0.25) is 9.36 Å². The Morgan fingerprint density at radius 1 is 1.06 bits per heavy atom. The minimum Gasteiger partial charge on any atom is -0.496 e. The van der Waals surface area contributed by atoms with Crippen LogP contribution >= 0.6 is 0 Å². The molecule has 2 aromatic carbocycles. The molecule has 35 heavy (non-hydrogen) atoms. The van der Waals surface area contributed by atoms with E-state index in [4.69, 9.17) is 14.5 Å². The SMILES string of the molecule is COc1ccc(-c2ccc(F)cc2)cc1C1CN(c2nc(-c3ccncn3)cc(=O)n2C)CCO1. The summed E-state index contributed by atoms with van der Waals surface area (Å²) < 4.78 is 26.7. The number of hydrogen-bond donors (Lipinski definition) is 0. The van der Waals surface area contributed by atoms with E-state index in [1.54, 1.807) is 38.6 Å². The van der Waals surface area contributed by atoms with Crippen LogP contribution in [0.25, 0.3) is 22.5 Å². The highest BCUT2D eigenvalue weighted by atomic mass is 19.1. The number of morpholine rings is 1. The van der Waals surface area contributed by atoms with Crippen LogP contribution in [-0.4, -0.2) is 46.3 Å². The quantitative estimate of drug-likeness (QED) is 0.438. The van der Waals surface area contributed by atoms with Crippen molar-refractivity contribution in [2.24, 2.45) is 7.05 Å². The predicted octanol–water partition coefficient (Wildman–Crippen LogP) is 3.63.